The van der Waals surface area contributed by atoms with E-state index in [1.54, 1.807) is 0 Å². The Kier molecular flexibility index (Phi) is 3.74. The van der Waals surface area contributed by atoms with E-state index in [2.05, 4.69) is 30.5 Å². The minimum Gasteiger partial charge on any atom is -0.347 e. The zero-order valence-corrected chi connectivity index (χ0v) is 9.46. The zero-order valence-electron chi connectivity index (χ0n) is 9.46. The molecule has 0 amide bonds. The summed E-state index contributed by atoms with van der Waals surface area (Å²) in [5, 5.41) is 7.54. The van der Waals surface area contributed by atoms with Crippen LogP contribution in [0, 0.1) is 6.92 Å². The van der Waals surface area contributed by atoms with Gasteiger partial charge in [0, 0.05) is 19.3 Å². The molecule has 0 atom stereocenters. The van der Waals surface area contributed by atoms with Gasteiger partial charge in [0.15, 0.2) is 0 Å². The second-order valence-corrected chi connectivity index (χ2v) is 3.45. The molecule has 0 aliphatic heterocycles. The third kappa shape index (κ3) is 2.62. The van der Waals surface area contributed by atoms with E-state index in [9.17, 15) is 0 Å². The van der Waals surface area contributed by atoms with E-state index in [4.69, 9.17) is 0 Å². The molecule has 78 valence electrons. The lowest BCUT2D eigenvalue weighted by atomic mass is 10.2. The SMILES string of the molecule is CCC(=CNc1cc(C)nn1C)CC. The molecule has 0 unspecified atom stereocenters. The van der Waals surface area contributed by atoms with E-state index in [0.29, 0.717) is 0 Å². The van der Waals surface area contributed by atoms with Gasteiger partial charge in [-0.05, 0) is 19.8 Å². The molecule has 14 heavy (non-hydrogen) atoms. The van der Waals surface area contributed by atoms with Gasteiger partial charge in [0.1, 0.15) is 5.82 Å². The first-order valence-electron chi connectivity index (χ1n) is 5.12. The fourth-order valence-corrected chi connectivity index (χ4v) is 1.38. The number of allylic oxidation sites excluding steroid dienone is 1. The number of aryl methyl sites for hydroxylation is 2. The summed E-state index contributed by atoms with van der Waals surface area (Å²) in [6.07, 6.45) is 4.27. The normalized spacial score (nSPS) is 10.0. The maximum atomic E-state index is 4.27. The second kappa shape index (κ2) is 4.84. The molecule has 0 fully saturated rings. The Morgan fingerprint density at radius 3 is 2.57 bits per heavy atom. The van der Waals surface area contributed by atoms with Crippen molar-refractivity contribution >= 4 is 5.82 Å². The number of rotatable bonds is 4. The number of anilines is 1. The number of aromatic nitrogens is 2. The molecule has 1 aromatic heterocycles. The van der Waals surface area contributed by atoms with Crippen molar-refractivity contribution < 1.29 is 0 Å². The highest BCUT2D eigenvalue weighted by Gasteiger charge is 1.98. The van der Waals surface area contributed by atoms with Gasteiger partial charge in [0.2, 0.25) is 0 Å². The van der Waals surface area contributed by atoms with Gasteiger partial charge in [-0.3, -0.25) is 4.68 Å². The lowest BCUT2D eigenvalue weighted by Crippen LogP contribution is -1.99. The second-order valence-electron chi connectivity index (χ2n) is 3.45. The van der Waals surface area contributed by atoms with Gasteiger partial charge in [0.25, 0.3) is 0 Å². The molecule has 1 rings (SSSR count). The third-order valence-electron chi connectivity index (χ3n) is 2.33. The van der Waals surface area contributed by atoms with E-state index < -0.39 is 0 Å². The van der Waals surface area contributed by atoms with E-state index in [1.165, 1.54) is 5.57 Å². The molecule has 0 radical (unpaired) electrons. The molecule has 1 N–H and O–H groups in total. The summed E-state index contributed by atoms with van der Waals surface area (Å²) >= 11 is 0. The van der Waals surface area contributed by atoms with Crippen LogP contribution in [0.3, 0.4) is 0 Å². The fraction of sp³-hybridized carbons (Fsp3) is 0.545. The predicted molar refractivity (Wildman–Crippen MR) is 60.2 cm³/mol. The highest BCUT2D eigenvalue weighted by Crippen LogP contribution is 2.10. The molecule has 0 aliphatic rings. The van der Waals surface area contributed by atoms with E-state index >= 15 is 0 Å². The quantitative estimate of drug-likeness (QED) is 0.796. The summed E-state index contributed by atoms with van der Waals surface area (Å²) in [5.74, 6) is 1.04. The first-order valence-corrected chi connectivity index (χ1v) is 5.12. The van der Waals surface area contributed by atoms with Crippen molar-refractivity contribution in [2.45, 2.75) is 33.6 Å². The van der Waals surface area contributed by atoms with Crippen LogP contribution in [0.4, 0.5) is 5.82 Å². The van der Waals surface area contributed by atoms with E-state index in [-0.39, 0.29) is 0 Å². The van der Waals surface area contributed by atoms with Crippen LogP contribution in [0.2, 0.25) is 0 Å². The van der Waals surface area contributed by atoms with Gasteiger partial charge < -0.3 is 5.32 Å². The Balaban J connectivity index is 2.69. The van der Waals surface area contributed by atoms with Crippen LogP contribution < -0.4 is 5.32 Å². The van der Waals surface area contributed by atoms with Crippen LogP contribution in [-0.2, 0) is 7.05 Å². The molecular formula is C11H19N3. The van der Waals surface area contributed by atoms with Gasteiger partial charge in [-0.1, -0.05) is 19.4 Å². The van der Waals surface area contributed by atoms with E-state index in [0.717, 1.165) is 24.4 Å². The lowest BCUT2D eigenvalue weighted by Gasteiger charge is -2.03. The van der Waals surface area contributed by atoms with Crippen LogP contribution in [0.15, 0.2) is 17.8 Å². The summed E-state index contributed by atoms with van der Waals surface area (Å²) in [5.41, 5.74) is 2.46. The van der Waals surface area contributed by atoms with Crippen molar-refractivity contribution in [2.24, 2.45) is 7.05 Å². The van der Waals surface area contributed by atoms with Crippen LogP contribution in [0.1, 0.15) is 32.4 Å². The number of hydrogen-bond acceptors (Lipinski definition) is 2. The lowest BCUT2D eigenvalue weighted by molar-refractivity contribution is 0.764. The summed E-state index contributed by atoms with van der Waals surface area (Å²) in [6.45, 7) is 6.34. The average Bonchev–Trinajstić information content (AvgIpc) is 2.47. The van der Waals surface area contributed by atoms with Crippen molar-refractivity contribution in [3.05, 3.63) is 23.5 Å². The zero-order chi connectivity index (χ0) is 10.6. The minimum atomic E-state index is 1.04. The van der Waals surface area contributed by atoms with Crippen molar-refractivity contribution in [2.75, 3.05) is 5.32 Å². The molecule has 1 heterocycles. The summed E-state index contributed by atoms with van der Waals surface area (Å²) < 4.78 is 1.86. The number of nitrogens with one attached hydrogen (secondary N) is 1. The monoisotopic (exact) mass is 193 g/mol. The molecular weight excluding hydrogens is 174 g/mol. The van der Waals surface area contributed by atoms with Crippen molar-refractivity contribution in [3.8, 4) is 0 Å². The molecule has 1 aromatic rings. The van der Waals surface area contributed by atoms with Gasteiger partial charge in [-0.25, -0.2) is 0 Å². The summed E-state index contributed by atoms with van der Waals surface area (Å²) in [4.78, 5) is 0. The molecule has 3 nitrogen and oxygen atoms in total. The predicted octanol–water partition coefficient (Wildman–Crippen LogP) is 2.84. The Morgan fingerprint density at radius 1 is 1.50 bits per heavy atom. The standard InChI is InChI=1S/C11H19N3/c1-5-10(6-2)8-12-11-7-9(3)13-14(11)4/h7-8,12H,5-6H2,1-4H3. The topological polar surface area (TPSA) is 29.9 Å². The maximum Gasteiger partial charge on any atom is 0.128 e. The maximum absolute atomic E-state index is 4.27. The Bertz CT molecular complexity index is 317. The van der Waals surface area contributed by atoms with Crippen LogP contribution in [-0.4, -0.2) is 9.78 Å². The minimum absolute atomic E-state index is 1.04. The van der Waals surface area contributed by atoms with Crippen molar-refractivity contribution in [3.63, 3.8) is 0 Å². The first-order chi connectivity index (χ1) is 6.67. The van der Waals surface area contributed by atoms with E-state index in [1.807, 2.05) is 24.7 Å². The smallest absolute Gasteiger partial charge is 0.128 e. The molecule has 0 aliphatic carbocycles. The number of nitrogens with zero attached hydrogens (tertiary/aromatic N) is 2. The van der Waals surface area contributed by atoms with Crippen molar-refractivity contribution in [1.29, 1.82) is 0 Å². The van der Waals surface area contributed by atoms with Gasteiger partial charge >= 0.3 is 0 Å². The first kappa shape index (κ1) is 10.8. The third-order valence-corrected chi connectivity index (χ3v) is 2.33. The van der Waals surface area contributed by atoms with Gasteiger partial charge in [-0.15, -0.1) is 0 Å². The Hall–Kier alpha value is -1.25. The highest BCUT2D eigenvalue weighted by molar-refractivity contribution is 5.40. The molecule has 0 spiro atoms. The van der Waals surface area contributed by atoms with Gasteiger partial charge in [-0.2, -0.15) is 5.10 Å². The number of hydrogen-bond donors (Lipinski definition) is 1. The molecule has 3 heteroatoms. The Morgan fingerprint density at radius 2 is 2.14 bits per heavy atom. The van der Waals surface area contributed by atoms with Crippen LogP contribution in [0.25, 0.3) is 0 Å². The highest BCUT2D eigenvalue weighted by atomic mass is 15.3. The molecule has 0 aromatic carbocycles. The van der Waals surface area contributed by atoms with Crippen LogP contribution >= 0.6 is 0 Å². The van der Waals surface area contributed by atoms with Crippen LogP contribution in [0.5, 0.6) is 0 Å². The summed E-state index contributed by atoms with van der Waals surface area (Å²) in [6, 6.07) is 2.04. The average molecular weight is 193 g/mol. The summed E-state index contributed by atoms with van der Waals surface area (Å²) in [7, 11) is 1.95. The van der Waals surface area contributed by atoms with Crippen molar-refractivity contribution in [1.82, 2.24) is 9.78 Å². The largest absolute Gasteiger partial charge is 0.347 e. The fourth-order valence-electron chi connectivity index (χ4n) is 1.38. The molecule has 0 bridgehead atoms. The Labute approximate surface area is 85.8 Å². The van der Waals surface area contributed by atoms with Gasteiger partial charge in [0.05, 0.1) is 5.69 Å². The molecule has 0 saturated heterocycles. The molecule has 0 saturated carbocycles.